The van der Waals surface area contributed by atoms with Crippen molar-refractivity contribution in [2.75, 3.05) is 27.3 Å². The first kappa shape index (κ1) is 41.8. The van der Waals surface area contributed by atoms with E-state index in [-0.39, 0.29) is 29.8 Å². The molecule has 0 unspecified atom stereocenters. The Hall–Kier alpha value is -6.96. The SMILES string of the molecule is COC(=O)N[C@@H](Cc1ccccc1)C(=O)N1CCC[C@H]1c1ncc(-c2ccc(-c3ccc4cc(-c5cnc([C@@H]6CCCN6C(=O)[C@@H](NC(=O)OC)C(C)C)[nH]5)ccc4c3)cc2)[nH]1. The zero-order valence-corrected chi connectivity index (χ0v) is 35.4. The van der Waals surface area contributed by atoms with E-state index in [4.69, 9.17) is 19.4 Å². The molecule has 2 aliphatic heterocycles. The summed E-state index contributed by atoms with van der Waals surface area (Å²) in [5, 5.41) is 7.64. The van der Waals surface area contributed by atoms with Crippen molar-refractivity contribution in [1.82, 2.24) is 40.4 Å². The molecule has 0 aliphatic carbocycles. The summed E-state index contributed by atoms with van der Waals surface area (Å²) in [6.07, 6.45) is 5.93. The van der Waals surface area contributed by atoms with Crippen molar-refractivity contribution in [2.45, 2.75) is 70.1 Å². The maximum atomic E-state index is 13.9. The number of likely N-dealkylation sites (tertiary alicyclic amines) is 2. The molecule has 4 N–H and O–H groups in total. The van der Waals surface area contributed by atoms with Gasteiger partial charge in [0, 0.05) is 25.1 Å². The van der Waals surface area contributed by atoms with Gasteiger partial charge in [-0.05, 0) is 76.8 Å². The van der Waals surface area contributed by atoms with E-state index in [0.717, 1.165) is 81.5 Å². The van der Waals surface area contributed by atoms with Crippen molar-refractivity contribution >= 4 is 34.8 Å². The average molecular weight is 837 g/mol. The minimum atomic E-state index is -0.772. The van der Waals surface area contributed by atoms with Gasteiger partial charge >= 0.3 is 12.2 Å². The first-order chi connectivity index (χ1) is 30.1. The van der Waals surface area contributed by atoms with Gasteiger partial charge in [0.15, 0.2) is 0 Å². The number of hydrogen-bond acceptors (Lipinski definition) is 8. The van der Waals surface area contributed by atoms with Gasteiger partial charge in [-0.3, -0.25) is 9.59 Å². The maximum Gasteiger partial charge on any atom is 0.407 e. The molecule has 62 heavy (non-hydrogen) atoms. The Morgan fingerprint density at radius 2 is 1.18 bits per heavy atom. The van der Waals surface area contributed by atoms with Gasteiger partial charge in [0.1, 0.15) is 23.7 Å². The summed E-state index contributed by atoms with van der Waals surface area (Å²) >= 11 is 0. The quantitative estimate of drug-likeness (QED) is 0.0961. The smallest absolute Gasteiger partial charge is 0.407 e. The average Bonchev–Trinajstić information content (AvgIpc) is 4.15. The molecule has 4 atom stereocenters. The number of rotatable bonds is 12. The van der Waals surface area contributed by atoms with Crippen LogP contribution in [0, 0.1) is 5.92 Å². The monoisotopic (exact) mass is 836 g/mol. The minimum absolute atomic E-state index is 0.108. The number of ether oxygens (including phenoxy) is 2. The van der Waals surface area contributed by atoms with Crippen LogP contribution in [0.25, 0.3) is 44.4 Å². The molecule has 0 saturated carbocycles. The van der Waals surface area contributed by atoms with E-state index < -0.39 is 24.3 Å². The molecule has 4 amide bonds. The zero-order chi connectivity index (χ0) is 43.3. The molecule has 8 rings (SSSR count). The molecule has 4 aromatic carbocycles. The van der Waals surface area contributed by atoms with Crippen LogP contribution in [0.5, 0.6) is 0 Å². The van der Waals surface area contributed by atoms with E-state index in [1.165, 1.54) is 14.2 Å². The highest BCUT2D eigenvalue weighted by Gasteiger charge is 2.38. The topological polar surface area (TPSA) is 175 Å². The minimum Gasteiger partial charge on any atom is -0.453 e. The van der Waals surface area contributed by atoms with E-state index >= 15 is 0 Å². The van der Waals surface area contributed by atoms with Crippen LogP contribution in [0.15, 0.2) is 103 Å². The van der Waals surface area contributed by atoms with E-state index in [0.29, 0.717) is 25.3 Å². The number of methoxy groups -OCH3 is 2. The number of aromatic nitrogens is 4. The fraction of sp³-hybridized carbons (Fsp3) is 0.333. The molecule has 2 fully saturated rings. The van der Waals surface area contributed by atoms with E-state index in [2.05, 4.69) is 81.3 Å². The highest BCUT2D eigenvalue weighted by Crippen LogP contribution is 2.35. The summed E-state index contributed by atoms with van der Waals surface area (Å²) in [4.78, 5) is 71.8. The van der Waals surface area contributed by atoms with Gasteiger partial charge in [-0.1, -0.05) is 92.7 Å². The number of nitrogens with zero attached hydrogens (tertiary/aromatic N) is 4. The number of H-pyrrole nitrogens is 2. The van der Waals surface area contributed by atoms with Crippen LogP contribution in [-0.2, 0) is 25.5 Å². The molecule has 0 radical (unpaired) electrons. The summed E-state index contributed by atoms with van der Waals surface area (Å²) in [5.41, 5.74) is 6.79. The van der Waals surface area contributed by atoms with Gasteiger partial charge in [0.25, 0.3) is 0 Å². The predicted molar refractivity (Wildman–Crippen MR) is 236 cm³/mol. The Balaban J connectivity index is 0.934. The molecule has 0 bridgehead atoms. The van der Waals surface area contributed by atoms with Crippen molar-refractivity contribution in [3.8, 4) is 33.6 Å². The van der Waals surface area contributed by atoms with Crippen LogP contribution in [0.4, 0.5) is 9.59 Å². The fourth-order valence-corrected chi connectivity index (χ4v) is 8.70. The number of hydrogen-bond donors (Lipinski definition) is 4. The number of aromatic amines is 2. The second-order valence-electron chi connectivity index (χ2n) is 16.3. The highest BCUT2D eigenvalue weighted by atomic mass is 16.5. The van der Waals surface area contributed by atoms with Crippen LogP contribution in [0.1, 0.15) is 68.8 Å². The van der Waals surface area contributed by atoms with Crippen LogP contribution in [0.3, 0.4) is 0 Å². The van der Waals surface area contributed by atoms with Gasteiger partial charge in [-0.25, -0.2) is 19.6 Å². The molecule has 2 aromatic heterocycles. The van der Waals surface area contributed by atoms with Gasteiger partial charge in [0.2, 0.25) is 11.8 Å². The Morgan fingerprint density at radius 1 is 0.661 bits per heavy atom. The molecule has 0 spiro atoms. The third kappa shape index (κ3) is 8.90. The largest absolute Gasteiger partial charge is 0.453 e. The van der Waals surface area contributed by atoms with Crippen LogP contribution >= 0.6 is 0 Å². The second-order valence-corrected chi connectivity index (χ2v) is 16.3. The Bertz CT molecular complexity index is 2550. The number of fused-ring (bicyclic) bond motifs is 1. The van der Waals surface area contributed by atoms with Crippen molar-refractivity contribution in [2.24, 2.45) is 5.92 Å². The summed E-state index contributed by atoms with van der Waals surface area (Å²) in [5.74, 6) is 1.03. The lowest BCUT2D eigenvalue weighted by atomic mass is 9.98. The Labute approximate surface area is 360 Å². The van der Waals surface area contributed by atoms with Gasteiger partial charge in [-0.15, -0.1) is 0 Å². The number of benzene rings is 4. The van der Waals surface area contributed by atoms with E-state index in [1.54, 1.807) is 0 Å². The van der Waals surface area contributed by atoms with Crippen molar-refractivity contribution in [3.63, 3.8) is 0 Å². The van der Waals surface area contributed by atoms with E-state index in [9.17, 15) is 19.2 Å². The zero-order valence-electron chi connectivity index (χ0n) is 35.4. The van der Waals surface area contributed by atoms with Crippen LogP contribution < -0.4 is 10.6 Å². The third-order valence-electron chi connectivity index (χ3n) is 12.0. The highest BCUT2D eigenvalue weighted by molar-refractivity contribution is 5.91. The van der Waals surface area contributed by atoms with Crippen molar-refractivity contribution in [1.29, 1.82) is 0 Å². The summed E-state index contributed by atoms with van der Waals surface area (Å²) in [6.45, 7) is 4.97. The normalized spacial score (nSPS) is 17.2. The lowest BCUT2D eigenvalue weighted by Crippen LogP contribution is -2.51. The molecule has 320 valence electrons. The standard InChI is InChI=1S/C48H52N8O6/c1-29(2)42(54-48(60)62-4)46(58)56-23-9-13-41(56)44-50-28-39(52-44)36-21-20-34-25-33(18-19-35(34)26-36)31-14-16-32(17-15-31)38-27-49-43(51-38)40-12-8-22-55(40)45(57)37(53-47(59)61-3)24-30-10-6-5-7-11-30/h5-7,10-11,14-21,25-29,37,40-42H,8-9,12-13,22-24H2,1-4H3,(H,49,51)(H,50,52)(H,53,59)(H,54,60)/t37-,40-,41-,42-/m0/s1. The molecule has 14 nitrogen and oxygen atoms in total. The number of imidazole rings is 2. The van der Waals surface area contributed by atoms with Crippen LogP contribution in [-0.4, -0.2) is 93.1 Å². The Kier molecular flexibility index (Phi) is 12.4. The van der Waals surface area contributed by atoms with Gasteiger partial charge in [0.05, 0.1) is 50.1 Å². The van der Waals surface area contributed by atoms with Gasteiger partial charge < -0.3 is 39.9 Å². The predicted octanol–water partition coefficient (Wildman–Crippen LogP) is 7.96. The molecular formula is C48H52N8O6. The fourth-order valence-electron chi connectivity index (χ4n) is 8.70. The lowest BCUT2D eigenvalue weighted by molar-refractivity contribution is -0.135. The second kappa shape index (κ2) is 18.3. The number of amides is 4. The molecule has 4 heterocycles. The number of carbonyl (C=O) groups is 4. The van der Waals surface area contributed by atoms with Crippen molar-refractivity contribution < 1.29 is 28.7 Å². The molecular weight excluding hydrogens is 785 g/mol. The first-order valence-corrected chi connectivity index (χ1v) is 21.2. The Morgan fingerprint density at radius 3 is 1.77 bits per heavy atom. The molecule has 14 heteroatoms. The van der Waals surface area contributed by atoms with Gasteiger partial charge in [-0.2, -0.15) is 0 Å². The third-order valence-corrected chi connectivity index (χ3v) is 12.0. The maximum absolute atomic E-state index is 13.9. The summed E-state index contributed by atoms with van der Waals surface area (Å²) in [7, 11) is 2.59. The first-order valence-electron chi connectivity index (χ1n) is 21.2. The molecule has 2 saturated heterocycles. The number of alkyl carbamates (subject to hydrolysis) is 2. The van der Waals surface area contributed by atoms with E-state index in [1.807, 2.05) is 66.4 Å². The number of nitrogens with one attached hydrogen (secondary N) is 4. The summed E-state index contributed by atoms with van der Waals surface area (Å²) < 4.78 is 9.62. The number of carbonyl (C=O) groups excluding carboxylic acids is 4. The van der Waals surface area contributed by atoms with Crippen LogP contribution in [0.2, 0.25) is 0 Å². The summed E-state index contributed by atoms with van der Waals surface area (Å²) in [6, 6.07) is 28.8. The molecule has 6 aromatic rings. The van der Waals surface area contributed by atoms with Crippen molar-refractivity contribution in [3.05, 3.63) is 121 Å². The lowest BCUT2D eigenvalue weighted by Gasteiger charge is -2.30. The molecule has 2 aliphatic rings.